The van der Waals surface area contributed by atoms with Crippen LogP contribution >= 0.6 is 0 Å². The van der Waals surface area contributed by atoms with Crippen LogP contribution in [-0.2, 0) is 11.3 Å². The van der Waals surface area contributed by atoms with E-state index >= 15 is 0 Å². The standard InChI is InChI=1S/C23H24N4O2/c28-22(18-10-11-18)26-14-12-25(13-15-26)21-23(29)27(16-17-6-2-1-3-7-17)20-9-5-4-8-19(20)24-21/h1-9,18H,10-16H2. The second-order valence-electron chi connectivity index (χ2n) is 7.89. The Labute approximate surface area is 169 Å². The summed E-state index contributed by atoms with van der Waals surface area (Å²) in [5, 5.41) is 0. The second kappa shape index (κ2) is 7.35. The summed E-state index contributed by atoms with van der Waals surface area (Å²) in [6.07, 6.45) is 2.05. The molecule has 0 radical (unpaired) electrons. The van der Waals surface area contributed by atoms with Crippen LogP contribution in [0.1, 0.15) is 18.4 Å². The summed E-state index contributed by atoms with van der Waals surface area (Å²) in [5.41, 5.74) is 2.66. The van der Waals surface area contributed by atoms with E-state index in [1.807, 2.05) is 69.0 Å². The molecule has 0 atom stereocenters. The summed E-state index contributed by atoms with van der Waals surface area (Å²) >= 11 is 0. The Bertz CT molecular complexity index is 1100. The molecular formula is C23H24N4O2. The highest BCUT2D eigenvalue weighted by molar-refractivity contribution is 5.81. The van der Waals surface area contributed by atoms with E-state index in [9.17, 15) is 9.59 Å². The van der Waals surface area contributed by atoms with Crippen molar-refractivity contribution in [2.45, 2.75) is 19.4 Å². The molecule has 1 aromatic heterocycles. The summed E-state index contributed by atoms with van der Waals surface area (Å²) in [7, 11) is 0. The van der Waals surface area contributed by atoms with Crippen molar-refractivity contribution in [3.05, 3.63) is 70.5 Å². The Hall–Kier alpha value is -3.15. The van der Waals surface area contributed by atoms with Gasteiger partial charge in [-0.2, -0.15) is 0 Å². The minimum atomic E-state index is -0.0745. The number of rotatable bonds is 4. The largest absolute Gasteiger partial charge is 0.348 e. The maximum absolute atomic E-state index is 13.4. The molecule has 1 aliphatic carbocycles. The van der Waals surface area contributed by atoms with Crippen molar-refractivity contribution in [1.82, 2.24) is 14.5 Å². The zero-order valence-electron chi connectivity index (χ0n) is 16.3. The van der Waals surface area contributed by atoms with Crippen molar-refractivity contribution in [2.24, 2.45) is 5.92 Å². The summed E-state index contributed by atoms with van der Waals surface area (Å²) in [6.45, 7) is 3.11. The van der Waals surface area contributed by atoms with Gasteiger partial charge in [-0.05, 0) is 30.5 Å². The van der Waals surface area contributed by atoms with Crippen molar-refractivity contribution in [3.63, 3.8) is 0 Å². The Kier molecular flexibility index (Phi) is 4.54. The lowest BCUT2D eigenvalue weighted by molar-refractivity contribution is -0.132. The fraction of sp³-hybridized carbons (Fsp3) is 0.348. The number of carbonyl (C=O) groups excluding carboxylic acids is 1. The lowest BCUT2D eigenvalue weighted by Gasteiger charge is -2.35. The highest BCUT2D eigenvalue weighted by atomic mass is 16.2. The van der Waals surface area contributed by atoms with Crippen LogP contribution in [0.4, 0.5) is 5.82 Å². The summed E-state index contributed by atoms with van der Waals surface area (Å²) in [5.74, 6) is 0.999. The van der Waals surface area contributed by atoms with Crippen LogP contribution in [0.2, 0.25) is 0 Å². The SMILES string of the molecule is O=C(C1CC1)N1CCN(c2nc3ccccc3n(Cc3ccccc3)c2=O)CC1. The molecule has 1 aliphatic heterocycles. The molecule has 148 valence electrons. The fourth-order valence-corrected chi connectivity index (χ4v) is 4.04. The highest BCUT2D eigenvalue weighted by Crippen LogP contribution is 2.31. The fourth-order valence-electron chi connectivity index (χ4n) is 4.04. The van der Waals surface area contributed by atoms with Gasteiger partial charge in [0.25, 0.3) is 5.56 Å². The molecule has 6 nitrogen and oxygen atoms in total. The van der Waals surface area contributed by atoms with Gasteiger partial charge in [0.1, 0.15) is 0 Å². The zero-order chi connectivity index (χ0) is 19.8. The van der Waals surface area contributed by atoms with Crippen molar-refractivity contribution < 1.29 is 4.79 Å². The minimum Gasteiger partial charge on any atom is -0.348 e. The van der Waals surface area contributed by atoms with Crippen molar-refractivity contribution in [3.8, 4) is 0 Å². The van der Waals surface area contributed by atoms with Crippen molar-refractivity contribution >= 4 is 22.8 Å². The van der Waals surface area contributed by atoms with E-state index in [1.165, 1.54) is 0 Å². The predicted octanol–water partition coefficient (Wildman–Crippen LogP) is 2.50. The van der Waals surface area contributed by atoms with Crippen molar-refractivity contribution in [1.29, 1.82) is 0 Å². The monoisotopic (exact) mass is 388 g/mol. The molecule has 2 aliphatic rings. The average molecular weight is 388 g/mol. The number of fused-ring (bicyclic) bond motifs is 1. The van der Waals surface area contributed by atoms with Gasteiger partial charge < -0.3 is 9.80 Å². The number of aromatic nitrogens is 2. The second-order valence-corrected chi connectivity index (χ2v) is 7.89. The third-order valence-electron chi connectivity index (χ3n) is 5.84. The number of amides is 1. The normalized spacial score (nSPS) is 17.0. The Balaban J connectivity index is 1.47. The van der Waals surface area contributed by atoms with Gasteiger partial charge in [0.15, 0.2) is 5.82 Å². The van der Waals surface area contributed by atoms with Gasteiger partial charge >= 0.3 is 0 Å². The third kappa shape index (κ3) is 3.50. The summed E-state index contributed by atoms with van der Waals surface area (Å²) < 4.78 is 1.81. The average Bonchev–Trinajstić information content (AvgIpc) is 3.61. The van der Waals surface area contributed by atoms with Crippen LogP contribution in [0.5, 0.6) is 0 Å². The maximum atomic E-state index is 13.4. The number of nitrogens with zero attached hydrogens (tertiary/aromatic N) is 4. The summed E-state index contributed by atoms with van der Waals surface area (Å²) in [6, 6.07) is 17.8. The van der Waals surface area contributed by atoms with Gasteiger partial charge in [-0.25, -0.2) is 4.98 Å². The van der Waals surface area contributed by atoms with E-state index in [4.69, 9.17) is 4.98 Å². The molecular weight excluding hydrogens is 364 g/mol. The topological polar surface area (TPSA) is 58.4 Å². The van der Waals surface area contributed by atoms with E-state index < -0.39 is 0 Å². The molecule has 0 spiro atoms. The Morgan fingerprint density at radius 1 is 0.931 bits per heavy atom. The third-order valence-corrected chi connectivity index (χ3v) is 5.84. The molecule has 3 aromatic rings. The van der Waals surface area contributed by atoms with E-state index in [0.29, 0.717) is 38.5 Å². The number of hydrogen-bond acceptors (Lipinski definition) is 4. The quantitative estimate of drug-likeness (QED) is 0.689. The molecule has 29 heavy (non-hydrogen) atoms. The van der Waals surface area contributed by atoms with Crippen LogP contribution in [0, 0.1) is 5.92 Å². The molecule has 2 heterocycles. The van der Waals surface area contributed by atoms with E-state index in [2.05, 4.69) is 0 Å². The van der Waals surface area contributed by atoms with Gasteiger partial charge in [-0.3, -0.25) is 14.2 Å². The zero-order valence-corrected chi connectivity index (χ0v) is 16.3. The van der Waals surface area contributed by atoms with Gasteiger partial charge in [0, 0.05) is 32.1 Å². The smallest absolute Gasteiger partial charge is 0.294 e. The van der Waals surface area contributed by atoms with Crippen LogP contribution < -0.4 is 10.5 Å². The molecule has 0 unspecified atom stereocenters. The van der Waals surface area contributed by atoms with Gasteiger partial charge in [0.05, 0.1) is 17.6 Å². The highest BCUT2D eigenvalue weighted by Gasteiger charge is 2.35. The van der Waals surface area contributed by atoms with Gasteiger partial charge in [-0.15, -0.1) is 0 Å². The van der Waals surface area contributed by atoms with Crippen LogP contribution in [0.25, 0.3) is 11.0 Å². The first-order valence-electron chi connectivity index (χ1n) is 10.3. The molecule has 1 saturated heterocycles. The molecule has 1 amide bonds. The number of para-hydroxylation sites is 2. The molecule has 0 bridgehead atoms. The number of carbonyl (C=O) groups is 1. The first-order chi connectivity index (χ1) is 14.2. The maximum Gasteiger partial charge on any atom is 0.294 e. The number of hydrogen-bond donors (Lipinski definition) is 0. The number of anilines is 1. The van der Waals surface area contributed by atoms with Gasteiger partial charge in [-0.1, -0.05) is 42.5 Å². The van der Waals surface area contributed by atoms with E-state index in [0.717, 1.165) is 29.4 Å². The molecule has 6 heteroatoms. The van der Waals surface area contributed by atoms with Crippen LogP contribution in [-0.4, -0.2) is 46.5 Å². The molecule has 1 saturated carbocycles. The van der Waals surface area contributed by atoms with E-state index in [-0.39, 0.29) is 17.4 Å². The van der Waals surface area contributed by atoms with Crippen LogP contribution in [0.15, 0.2) is 59.4 Å². The molecule has 5 rings (SSSR count). The van der Waals surface area contributed by atoms with Crippen molar-refractivity contribution in [2.75, 3.05) is 31.1 Å². The van der Waals surface area contributed by atoms with Crippen LogP contribution in [0.3, 0.4) is 0 Å². The van der Waals surface area contributed by atoms with Gasteiger partial charge in [0.2, 0.25) is 5.91 Å². The number of benzene rings is 2. The molecule has 0 N–H and O–H groups in total. The van der Waals surface area contributed by atoms with E-state index in [1.54, 1.807) is 0 Å². The first-order valence-corrected chi connectivity index (χ1v) is 10.3. The lowest BCUT2D eigenvalue weighted by atomic mass is 10.2. The molecule has 2 fully saturated rings. The molecule has 2 aromatic carbocycles. The Morgan fingerprint density at radius 3 is 2.34 bits per heavy atom. The first kappa shape index (κ1) is 17.9. The lowest BCUT2D eigenvalue weighted by Crippen LogP contribution is -2.51. The predicted molar refractivity (Wildman–Crippen MR) is 113 cm³/mol. The number of piperazine rings is 1. The Morgan fingerprint density at radius 2 is 1.62 bits per heavy atom. The minimum absolute atomic E-state index is 0.0745. The summed E-state index contributed by atoms with van der Waals surface area (Å²) in [4.78, 5) is 34.4.